The van der Waals surface area contributed by atoms with Crippen molar-refractivity contribution < 1.29 is 4.79 Å². The molecule has 2 aromatic rings. The lowest BCUT2D eigenvalue weighted by atomic mass is 10.1. The third kappa shape index (κ3) is 4.75. The number of nitrogens with one attached hydrogen (secondary N) is 2. The summed E-state index contributed by atoms with van der Waals surface area (Å²) in [5, 5.41) is 4.34. The second-order valence-electron chi connectivity index (χ2n) is 6.89. The Hall–Kier alpha value is -2.01. The molecule has 0 spiro atoms. The summed E-state index contributed by atoms with van der Waals surface area (Å²) in [5.41, 5.74) is 3.82. The van der Waals surface area contributed by atoms with Gasteiger partial charge in [0, 0.05) is 42.8 Å². The van der Waals surface area contributed by atoms with Crippen LogP contribution in [0.1, 0.15) is 31.9 Å². The standard InChI is InChI=1S/C20H32N4O/c1-6-16-9-8-10-18-17(13-22-19(16)18)11-12-21-20(25)24(7-2)15(3)14-23(4)5/h8-10,13,15,22H,6-7,11-12,14H2,1-5H3,(H,21,25). The Morgan fingerprint density at radius 2 is 2.00 bits per heavy atom. The largest absolute Gasteiger partial charge is 0.361 e. The maximum Gasteiger partial charge on any atom is 0.317 e. The van der Waals surface area contributed by atoms with Crippen LogP contribution in [0.3, 0.4) is 0 Å². The second-order valence-corrected chi connectivity index (χ2v) is 6.89. The zero-order valence-electron chi connectivity index (χ0n) is 16.2. The van der Waals surface area contributed by atoms with E-state index in [2.05, 4.69) is 53.4 Å². The van der Waals surface area contributed by atoms with Crippen LogP contribution in [-0.2, 0) is 12.8 Å². The number of hydrogen-bond donors (Lipinski definition) is 2. The third-order valence-electron chi connectivity index (χ3n) is 4.70. The van der Waals surface area contributed by atoms with Gasteiger partial charge in [-0.2, -0.15) is 0 Å². The number of rotatable bonds is 8. The Bertz CT molecular complexity index is 692. The predicted octanol–water partition coefficient (Wildman–Crippen LogP) is 3.25. The number of hydrogen-bond acceptors (Lipinski definition) is 2. The van der Waals surface area contributed by atoms with Crippen molar-refractivity contribution in [3.8, 4) is 0 Å². The number of likely N-dealkylation sites (N-methyl/N-ethyl adjacent to an activating group) is 2. The Labute approximate surface area is 151 Å². The normalized spacial score (nSPS) is 12.6. The summed E-state index contributed by atoms with van der Waals surface area (Å²) in [6.07, 6.45) is 3.92. The summed E-state index contributed by atoms with van der Waals surface area (Å²) < 4.78 is 0. The van der Waals surface area contributed by atoms with Gasteiger partial charge in [-0.05, 0) is 51.9 Å². The summed E-state index contributed by atoms with van der Waals surface area (Å²) in [5.74, 6) is 0. The van der Waals surface area contributed by atoms with E-state index in [1.807, 2.05) is 25.9 Å². The first-order valence-corrected chi connectivity index (χ1v) is 9.24. The fourth-order valence-electron chi connectivity index (χ4n) is 3.46. The molecule has 0 aliphatic rings. The van der Waals surface area contributed by atoms with Crippen molar-refractivity contribution in [3.63, 3.8) is 0 Å². The Balaban J connectivity index is 1.95. The molecule has 1 heterocycles. The number of carbonyl (C=O) groups excluding carboxylic acids is 1. The van der Waals surface area contributed by atoms with Crippen LogP contribution in [0.25, 0.3) is 10.9 Å². The molecule has 0 saturated heterocycles. The van der Waals surface area contributed by atoms with Gasteiger partial charge in [-0.15, -0.1) is 0 Å². The van der Waals surface area contributed by atoms with E-state index in [4.69, 9.17) is 0 Å². The number of fused-ring (bicyclic) bond motifs is 1. The fraction of sp³-hybridized carbons (Fsp3) is 0.550. The van der Waals surface area contributed by atoms with E-state index in [0.717, 1.165) is 19.4 Å². The first kappa shape index (κ1) is 19.3. The zero-order valence-corrected chi connectivity index (χ0v) is 16.2. The predicted molar refractivity (Wildman–Crippen MR) is 105 cm³/mol. The van der Waals surface area contributed by atoms with Gasteiger partial charge in [-0.25, -0.2) is 4.79 Å². The quantitative estimate of drug-likeness (QED) is 0.772. The average molecular weight is 345 g/mol. The van der Waals surface area contributed by atoms with Crippen molar-refractivity contribution in [2.45, 2.75) is 39.7 Å². The molecule has 0 bridgehead atoms. The van der Waals surface area contributed by atoms with Crippen molar-refractivity contribution in [2.24, 2.45) is 0 Å². The summed E-state index contributed by atoms with van der Waals surface area (Å²) in [7, 11) is 4.06. The molecule has 1 atom stereocenters. The minimum atomic E-state index is 0.0194. The van der Waals surface area contributed by atoms with Crippen molar-refractivity contribution in [1.29, 1.82) is 0 Å². The third-order valence-corrected chi connectivity index (χ3v) is 4.70. The van der Waals surface area contributed by atoms with Crippen LogP contribution < -0.4 is 5.32 Å². The van der Waals surface area contributed by atoms with Crippen molar-refractivity contribution in [2.75, 3.05) is 33.7 Å². The van der Waals surface area contributed by atoms with Crippen LogP contribution in [-0.4, -0.2) is 60.6 Å². The van der Waals surface area contributed by atoms with Gasteiger partial charge < -0.3 is 20.1 Å². The second kappa shape index (κ2) is 8.90. The van der Waals surface area contributed by atoms with Crippen LogP contribution in [0.15, 0.2) is 24.4 Å². The van der Waals surface area contributed by atoms with Crippen LogP contribution >= 0.6 is 0 Å². The number of aryl methyl sites for hydroxylation is 1. The van der Waals surface area contributed by atoms with E-state index in [1.54, 1.807) is 0 Å². The Morgan fingerprint density at radius 1 is 1.24 bits per heavy atom. The van der Waals surface area contributed by atoms with Gasteiger partial charge >= 0.3 is 6.03 Å². The highest BCUT2D eigenvalue weighted by atomic mass is 16.2. The molecule has 5 nitrogen and oxygen atoms in total. The van der Waals surface area contributed by atoms with Crippen LogP contribution in [0, 0.1) is 0 Å². The molecule has 138 valence electrons. The van der Waals surface area contributed by atoms with Crippen LogP contribution in [0.5, 0.6) is 0 Å². The minimum Gasteiger partial charge on any atom is -0.361 e. The maximum absolute atomic E-state index is 12.5. The molecule has 2 N–H and O–H groups in total. The number of aromatic amines is 1. The highest BCUT2D eigenvalue weighted by molar-refractivity contribution is 5.86. The number of para-hydroxylation sites is 1. The van der Waals surface area contributed by atoms with E-state index in [-0.39, 0.29) is 12.1 Å². The molecule has 5 heteroatoms. The van der Waals surface area contributed by atoms with Gasteiger partial charge in [0.2, 0.25) is 0 Å². The number of nitrogens with zero attached hydrogens (tertiary/aromatic N) is 2. The highest BCUT2D eigenvalue weighted by Gasteiger charge is 2.18. The van der Waals surface area contributed by atoms with Gasteiger partial charge in [-0.3, -0.25) is 0 Å². The molecule has 1 aromatic carbocycles. The molecule has 2 rings (SSSR count). The smallest absolute Gasteiger partial charge is 0.317 e. The van der Waals surface area contributed by atoms with Gasteiger partial charge in [0.15, 0.2) is 0 Å². The van der Waals surface area contributed by atoms with Crippen molar-refractivity contribution in [1.82, 2.24) is 20.1 Å². The summed E-state index contributed by atoms with van der Waals surface area (Å²) >= 11 is 0. The summed E-state index contributed by atoms with van der Waals surface area (Å²) in [6.45, 7) is 8.51. The van der Waals surface area contributed by atoms with E-state index < -0.39 is 0 Å². The lowest BCUT2D eigenvalue weighted by Crippen LogP contribution is -2.48. The lowest BCUT2D eigenvalue weighted by molar-refractivity contribution is 0.169. The first-order valence-electron chi connectivity index (χ1n) is 9.24. The molecule has 0 saturated carbocycles. The number of aromatic nitrogens is 1. The Kier molecular flexibility index (Phi) is 6.88. The van der Waals surface area contributed by atoms with E-state index >= 15 is 0 Å². The number of urea groups is 1. The highest BCUT2D eigenvalue weighted by Crippen LogP contribution is 2.22. The molecular formula is C20H32N4O. The van der Waals surface area contributed by atoms with Gasteiger partial charge in [0.05, 0.1) is 0 Å². The molecule has 1 aromatic heterocycles. The number of benzene rings is 1. The van der Waals surface area contributed by atoms with E-state index in [0.29, 0.717) is 13.1 Å². The zero-order chi connectivity index (χ0) is 18.4. The molecule has 0 fully saturated rings. The van der Waals surface area contributed by atoms with Crippen molar-refractivity contribution >= 4 is 16.9 Å². The van der Waals surface area contributed by atoms with Gasteiger partial charge in [0.1, 0.15) is 0 Å². The molecule has 25 heavy (non-hydrogen) atoms. The topological polar surface area (TPSA) is 51.4 Å². The number of amides is 2. The fourth-order valence-corrected chi connectivity index (χ4v) is 3.46. The Morgan fingerprint density at radius 3 is 2.64 bits per heavy atom. The monoisotopic (exact) mass is 344 g/mol. The summed E-state index contributed by atoms with van der Waals surface area (Å²) in [4.78, 5) is 19.9. The lowest BCUT2D eigenvalue weighted by Gasteiger charge is -2.30. The molecular weight excluding hydrogens is 312 g/mol. The SMILES string of the molecule is CCc1cccc2c(CCNC(=O)N(CC)C(C)CN(C)C)c[nH]c12. The molecule has 0 aliphatic carbocycles. The summed E-state index contributed by atoms with van der Waals surface area (Å²) in [6, 6.07) is 6.64. The minimum absolute atomic E-state index is 0.0194. The van der Waals surface area contributed by atoms with Crippen LogP contribution in [0.4, 0.5) is 4.79 Å². The maximum atomic E-state index is 12.5. The van der Waals surface area contributed by atoms with Gasteiger partial charge in [-0.1, -0.05) is 25.1 Å². The van der Waals surface area contributed by atoms with Gasteiger partial charge in [0.25, 0.3) is 0 Å². The molecule has 2 amide bonds. The number of H-pyrrole nitrogens is 1. The molecule has 0 radical (unpaired) electrons. The number of carbonyl (C=O) groups is 1. The molecule has 1 unspecified atom stereocenters. The van der Waals surface area contributed by atoms with E-state index in [1.165, 1.54) is 22.0 Å². The first-order chi connectivity index (χ1) is 12.0. The van der Waals surface area contributed by atoms with E-state index in [9.17, 15) is 4.79 Å². The van der Waals surface area contributed by atoms with Crippen molar-refractivity contribution in [3.05, 3.63) is 35.5 Å². The molecule has 0 aliphatic heterocycles. The van der Waals surface area contributed by atoms with Crippen LogP contribution in [0.2, 0.25) is 0 Å². The average Bonchev–Trinajstić information content (AvgIpc) is 2.98.